The molecule has 0 N–H and O–H groups in total. The van der Waals surface area contributed by atoms with E-state index in [-0.39, 0.29) is 5.82 Å². The van der Waals surface area contributed by atoms with Crippen molar-refractivity contribution in [3.63, 3.8) is 0 Å². The van der Waals surface area contributed by atoms with Gasteiger partial charge in [-0.05, 0) is 24.1 Å². The zero-order chi connectivity index (χ0) is 11.4. The molecule has 0 amide bonds. The summed E-state index contributed by atoms with van der Waals surface area (Å²) in [6, 6.07) is 6.57. The predicted molar refractivity (Wildman–Crippen MR) is 59.7 cm³/mol. The van der Waals surface area contributed by atoms with Gasteiger partial charge in [0.25, 0.3) is 0 Å². The van der Waals surface area contributed by atoms with Crippen LogP contribution in [-0.4, -0.2) is 14.8 Å². The number of hydrogen-bond acceptors (Lipinski definition) is 2. The molecule has 84 valence electrons. The Morgan fingerprint density at radius 1 is 1.38 bits per heavy atom. The lowest BCUT2D eigenvalue weighted by atomic mass is 10.1. The lowest BCUT2D eigenvalue weighted by molar-refractivity contribution is 0.619. The van der Waals surface area contributed by atoms with Crippen LogP contribution in [0.25, 0.3) is 0 Å². The number of alkyl halides is 1. The van der Waals surface area contributed by atoms with E-state index in [0.717, 1.165) is 17.8 Å². The van der Waals surface area contributed by atoms with E-state index in [1.54, 1.807) is 12.4 Å². The molecule has 2 aromatic rings. The molecule has 0 aliphatic heterocycles. The van der Waals surface area contributed by atoms with Gasteiger partial charge in [0.2, 0.25) is 0 Å². The van der Waals surface area contributed by atoms with Gasteiger partial charge >= 0.3 is 0 Å². The molecule has 0 unspecified atom stereocenters. The van der Waals surface area contributed by atoms with Gasteiger partial charge in [0.1, 0.15) is 18.0 Å². The number of aromatic nitrogens is 3. The van der Waals surface area contributed by atoms with E-state index in [9.17, 15) is 4.39 Å². The molecule has 16 heavy (non-hydrogen) atoms. The number of rotatable bonds is 4. The number of nitrogens with zero attached hydrogens (tertiary/aromatic N) is 3. The van der Waals surface area contributed by atoms with Crippen LogP contribution >= 0.6 is 11.6 Å². The van der Waals surface area contributed by atoms with Crippen molar-refractivity contribution < 1.29 is 4.39 Å². The van der Waals surface area contributed by atoms with Crippen LogP contribution in [0, 0.1) is 5.82 Å². The SMILES string of the molecule is Fc1cccc(CCn2cnnc2CCl)c1. The molecule has 1 aromatic heterocycles. The lowest BCUT2D eigenvalue weighted by Crippen LogP contribution is -2.04. The summed E-state index contributed by atoms with van der Waals surface area (Å²) < 4.78 is 14.8. The van der Waals surface area contributed by atoms with Gasteiger partial charge in [0.15, 0.2) is 0 Å². The molecule has 0 radical (unpaired) electrons. The molecule has 0 aliphatic rings. The van der Waals surface area contributed by atoms with E-state index in [2.05, 4.69) is 10.2 Å². The summed E-state index contributed by atoms with van der Waals surface area (Å²) in [5, 5.41) is 7.65. The fourth-order valence-corrected chi connectivity index (χ4v) is 1.72. The first-order chi connectivity index (χ1) is 7.79. The van der Waals surface area contributed by atoms with Crippen LogP contribution in [0.3, 0.4) is 0 Å². The van der Waals surface area contributed by atoms with Crippen LogP contribution in [0.2, 0.25) is 0 Å². The minimum absolute atomic E-state index is 0.209. The summed E-state index contributed by atoms with van der Waals surface area (Å²) in [5.41, 5.74) is 0.953. The molecule has 0 aliphatic carbocycles. The van der Waals surface area contributed by atoms with Gasteiger partial charge in [-0.15, -0.1) is 21.8 Å². The maximum Gasteiger partial charge on any atom is 0.147 e. The average Bonchev–Trinajstić information content (AvgIpc) is 2.74. The number of aryl methyl sites for hydroxylation is 2. The third kappa shape index (κ3) is 2.58. The molecular weight excluding hydrogens is 229 g/mol. The summed E-state index contributed by atoms with van der Waals surface area (Å²) in [6.45, 7) is 0.707. The van der Waals surface area contributed by atoms with Crippen molar-refractivity contribution in [2.75, 3.05) is 0 Å². The molecule has 1 aromatic carbocycles. The topological polar surface area (TPSA) is 30.7 Å². The Bertz CT molecular complexity index is 470. The summed E-state index contributed by atoms with van der Waals surface area (Å²) in [7, 11) is 0. The molecule has 1 heterocycles. The first-order valence-electron chi connectivity index (χ1n) is 4.96. The second kappa shape index (κ2) is 5.07. The van der Waals surface area contributed by atoms with Crippen LogP contribution in [0.5, 0.6) is 0 Å². The van der Waals surface area contributed by atoms with Gasteiger partial charge in [-0.3, -0.25) is 0 Å². The van der Waals surface area contributed by atoms with Crippen LogP contribution in [0.1, 0.15) is 11.4 Å². The Morgan fingerprint density at radius 2 is 2.25 bits per heavy atom. The molecule has 0 saturated carbocycles. The van der Waals surface area contributed by atoms with Crippen molar-refractivity contribution >= 4 is 11.6 Å². The fourth-order valence-electron chi connectivity index (χ4n) is 1.51. The van der Waals surface area contributed by atoms with Crippen LogP contribution in [0.15, 0.2) is 30.6 Å². The minimum atomic E-state index is -0.209. The smallest absolute Gasteiger partial charge is 0.147 e. The van der Waals surface area contributed by atoms with Crippen molar-refractivity contribution in [3.8, 4) is 0 Å². The highest BCUT2D eigenvalue weighted by atomic mass is 35.5. The second-order valence-corrected chi connectivity index (χ2v) is 3.72. The molecule has 2 rings (SSSR count). The molecule has 0 bridgehead atoms. The van der Waals surface area contributed by atoms with Crippen molar-refractivity contribution in [2.45, 2.75) is 18.8 Å². The van der Waals surface area contributed by atoms with Crippen molar-refractivity contribution in [3.05, 3.63) is 47.8 Å². The normalized spacial score (nSPS) is 10.6. The Kier molecular flexibility index (Phi) is 3.51. The Balaban J connectivity index is 2.02. The number of halogens is 2. The molecular formula is C11H11ClFN3. The van der Waals surface area contributed by atoms with E-state index in [0.29, 0.717) is 12.4 Å². The van der Waals surface area contributed by atoms with Crippen molar-refractivity contribution in [1.29, 1.82) is 0 Å². The Labute approximate surface area is 97.9 Å². The maximum atomic E-state index is 12.9. The largest absolute Gasteiger partial charge is 0.316 e. The van der Waals surface area contributed by atoms with Crippen LogP contribution in [0.4, 0.5) is 4.39 Å². The highest BCUT2D eigenvalue weighted by Crippen LogP contribution is 2.07. The van der Waals surface area contributed by atoms with Gasteiger partial charge in [0.05, 0.1) is 5.88 Å². The molecule has 0 spiro atoms. The van der Waals surface area contributed by atoms with Crippen LogP contribution < -0.4 is 0 Å². The Hall–Kier alpha value is -1.42. The highest BCUT2D eigenvalue weighted by molar-refractivity contribution is 6.16. The van der Waals surface area contributed by atoms with Crippen LogP contribution in [-0.2, 0) is 18.8 Å². The van der Waals surface area contributed by atoms with E-state index in [4.69, 9.17) is 11.6 Å². The van der Waals surface area contributed by atoms with Crippen molar-refractivity contribution in [1.82, 2.24) is 14.8 Å². The molecule has 5 heteroatoms. The number of benzene rings is 1. The highest BCUT2D eigenvalue weighted by Gasteiger charge is 2.02. The third-order valence-corrected chi connectivity index (χ3v) is 2.58. The predicted octanol–water partition coefficient (Wildman–Crippen LogP) is 2.40. The second-order valence-electron chi connectivity index (χ2n) is 3.45. The van der Waals surface area contributed by atoms with Crippen molar-refractivity contribution in [2.24, 2.45) is 0 Å². The summed E-state index contributed by atoms with van der Waals surface area (Å²) in [4.78, 5) is 0. The van der Waals surface area contributed by atoms with Gasteiger partial charge in [0, 0.05) is 6.54 Å². The van der Waals surface area contributed by atoms with E-state index < -0.39 is 0 Å². The third-order valence-electron chi connectivity index (χ3n) is 2.35. The monoisotopic (exact) mass is 239 g/mol. The standard InChI is InChI=1S/C11H11ClFN3/c12-7-11-15-14-8-16(11)5-4-9-2-1-3-10(13)6-9/h1-3,6,8H,4-5,7H2. The quantitative estimate of drug-likeness (QED) is 0.767. The molecule has 3 nitrogen and oxygen atoms in total. The van der Waals surface area contributed by atoms with Gasteiger partial charge in [-0.25, -0.2) is 4.39 Å². The van der Waals surface area contributed by atoms with Gasteiger partial charge in [-0.1, -0.05) is 12.1 Å². The lowest BCUT2D eigenvalue weighted by Gasteiger charge is -2.04. The van der Waals surface area contributed by atoms with E-state index in [1.165, 1.54) is 12.1 Å². The zero-order valence-electron chi connectivity index (χ0n) is 8.61. The summed E-state index contributed by atoms with van der Waals surface area (Å²) in [5.74, 6) is 0.861. The molecule has 0 atom stereocenters. The first-order valence-corrected chi connectivity index (χ1v) is 5.50. The van der Waals surface area contributed by atoms with E-state index >= 15 is 0 Å². The zero-order valence-corrected chi connectivity index (χ0v) is 9.36. The molecule has 0 saturated heterocycles. The fraction of sp³-hybridized carbons (Fsp3) is 0.273. The average molecular weight is 240 g/mol. The Morgan fingerprint density at radius 3 is 3.00 bits per heavy atom. The first kappa shape index (κ1) is 11.1. The minimum Gasteiger partial charge on any atom is -0.316 e. The molecule has 0 fully saturated rings. The number of hydrogen-bond donors (Lipinski definition) is 0. The summed E-state index contributed by atoms with van der Waals surface area (Å²) in [6.07, 6.45) is 2.37. The summed E-state index contributed by atoms with van der Waals surface area (Å²) >= 11 is 5.70. The van der Waals surface area contributed by atoms with Gasteiger partial charge in [-0.2, -0.15) is 0 Å². The maximum absolute atomic E-state index is 12.9. The van der Waals surface area contributed by atoms with E-state index in [1.807, 2.05) is 10.6 Å². The van der Waals surface area contributed by atoms with Gasteiger partial charge < -0.3 is 4.57 Å².